The number of esters is 1. The van der Waals surface area contributed by atoms with E-state index in [1.165, 1.54) is 11.3 Å². The number of rotatable bonds is 8. The van der Waals surface area contributed by atoms with Crippen molar-refractivity contribution in [1.82, 2.24) is 15.1 Å². The summed E-state index contributed by atoms with van der Waals surface area (Å²) >= 11 is 1.36. The SMILES string of the molecule is CCOc1ccccc1-c1noc(COC(=O)c2csc(-c3ccc(OC)cc3)n2)n1. The van der Waals surface area contributed by atoms with E-state index in [2.05, 4.69) is 15.1 Å². The second kappa shape index (κ2) is 9.40. The third-order valence-corrected chi connectivity index (χ3v) is 5.16. The lowest BCUT2D eigenvalue weighted by molar-refractivity contribution is 0.0424. The summed E-state index contributed by atoms with van der Waals surface area (Å²) in [5.41, 5.74) is 1.81. The smallest absolute Gasteiger partial charge is 0.358 e. The Kier molecular flexibility index (Phi) is 6.23. The van der Waals surface area contributed by atoms with Crippen LogP contribution >= 0.6 is 11.3 Å². The highest BCUT2D eigenvalue weighted by atomic mass is 32.1. The van der Waals surface area contributed by atoms with Gasteiger partial charge in [0, 0.05) is 10.9 Å². The normalized spacial score (nSPS) is 10.6. The van der Waals surface area contributed by atoms with Gasteiger partial charge in [-0.25, -0.2) is 9.78 Å². The molecule has 0 saturated heterocycles. The quantitative estimate of drug-likeness (QED) is 0.368. The lowest BCUT2D eigenvalue weighted by atomic mass is 10.2. The molecule has 9 heteroatoms. The van der Waals surface area contributed by atoms with Crippen molar-refractivity contribution in [3.8, 4) is 33.5 Å². The molecule has 158 valence electrons. The van der Waals surface area contributed by atoms with Crippen LogP contribution in [0.5, 0.6) is 11.5 Å². The molecule has 0 aliphatic heterocycles. The maximum Gasteiger partial charge on any atom is 0.358 e. The first-order chi connectivity index (χ1) is 15.2. The number of thiazole rings is 1. The number of hydrogen-bond acceptors (Lipinski definition) is 9. The number of carbonyl (C=O) groups is 1. The van der Waals surface area contributed by atoms with Crippen molar-refractivity contribution < 1.29 is 23.5 Å². The first-order valence-electron chi connectivity index (χ1n) is 9.49. The van der Waals surface area contributed by atoms with Crippen molar-refractivity contribution in [1.29, 1.82) is 0 Å². The summed E-state index contributed by atoms with van der Waals surface area (Å²) in [7, 11) is 1.61. The number of nitrogens with zero attached hydrogens (tertiary/aromatic N) is 3. The van der Waals surface area contributed by atoms with Crippen molar-refractivity contribution in [3.05, 3.63) is 65.5 Å². The fraction of sp³-hybridized carbons (Fsp3) is 0.182. The fourth-order valence-electron chi connectivity index (χ4n) is 2.79. The molecule has 2 aromatic carbocycles. The van der Waals surface area contributed by atoms with Crippen LogP contribution in [-0.4, -0.2) is 34.8 Å². The zero-order chi connectivity index (χ0) is 21.6. The molecular weight excluding hydrogens is 418 g/mol. The highest BCUT2D eigenvalue weighted by Gasteiger charge is 2.17. The molecule has 2 heterocycles. The lowest BCUT2D eigenvalue weighted by Crippen LogP contribution is -2.06. The maximum absolute atomic E-state index is 12.4. The summed E-state index contributed by atoms with van der Waals surface area (Å²) in [5, 5.41) is 6.32. The van der Waals surface area contributed by atoms with Crippen molar-refractivity contribution in [2.75, 3.05) is 13.7 Å². The average molecular weight is 437 g/mol. The Bertz CT molecular complexity index is 1170. The molecule has 0 unspecified atom stereocenters. The molecule has 31 heavy (non-hydrogen) atoms. The van der Waals surface area contributed by atoms with Crippen LogP contribution in [-0.2, 0) is 11.3 Å². The van der Waals surface area contributed by atoms with Gasteiger partial charge < -0.3 is 18.7 Å². The molecule has 8 nitrogen and oxygen atoms in total. The summed E-state index contributed by atoms with van der Waals surface area (Å²) in [6.45, 7) is 2.26. The van der Waals surface area contributed by atoms with Gasteiger partial charge in [-0.3, -0.25) is 0 Å². The van der Waals surface area contributed by atoms with Crippen LogP contribution in [0.25, 0.3) is 22.0 Å². The number of ether oxygens (including phenoxy) is 3. The minimum Gasteiger partial charge on any atom is -0.497 e. The highest BCUT2D eigenvalue weighted by molar-refractivity contribution is 7.13. The van der Waals surface area contributed by atoms with Crippen LogP contribution in [0.3, 0.4) is 0 Å². The molecular formula is C22H19N3O5S. The van der Waals surface area contributed by atoms with Gasteiger partial charge in [0.2, 0.25) is 5.82 Å². The number of aromatic nitrogens is 3. The van der Waals surface area contributed by atoms with E-state index in [1.54, 1.807) is 12.5 Å². The Morgan fingerprint density at radius 2 is 1.90 bits per heavy atom. The molecule has 0 spiro atoms. The number of hydrogen-bond donors (Lipinski definition) is 0. The number of methoxy groups -OCH3 is 1. The predicted molar refractivity (Wildman–Crippen MR) is 114 cm³/mol. The topological polar surface area (TPSA) is 96.6 Å². The molecule has 2 aromatic heterocycles. The summed E-state index contributed by atoms with van der Waals surface area (Å²) < 4.78 is 21.2. The van der Waals surface area contributed by atoms with Gasteiger partial charge in [0.15, 0.2) is 12.3 Å². The van der Waals surface area contributed by atoms with Gasteiger partial charge in [-0.1, -0.05) is 17.3 Å². The third kappa shape index (κ3) is 4.72. The molecule has 0 saturated carbocycles. The van der Waals surface area contributed by atoms with Gasteiger partial charge in [-0.2, -0.15) is 4.98 Å². The summed E-state index contributed by atoms with van der Waals surface area (Å²) in [6.07, 6.45) is 0. The van der Waals surface area contributed by atoms with Gasteiger partial charge in [0.1, 0.15) is 16.5 Å². The summed E-state index contributed by atoms with van der Waals surface area (Å²) in [5.74, 6) is 1.39. The number of carbonyl (C=O) groups excluding carboxylic acids is 1. The van der Waals surface area contributed by atoms with Crippen LogP contribution in [0.1, 0.15) is 23.3 Å². The predicted octanol–water partition coefficient (Wildman–Crippen LogP) is 4.62. The Labute approximate surface area is 182 Å². The van der Waals surface area contributed by atoms with Gasteiger partial charge in [0.25, 0.3) is 5.89 Å². The molecule has 0 bridgehead atoms. The van der Waals surface area contributed by atoms with Crippen LogP contribution < -0.4 is 9.47 Å². The third-order valence-electron chi connectivity index (χ3n) is 4.27. The lowest BCUT2D eigenvalue weighted by Gasteiger charge is -2.05. The van der Waals surface area contributed by atoms with E-state index in [1.807, 2.05) is 55.5 Å². The second-order valence-corrected chi connectivity index (χ2v) is 7.14. The zero-order valence-corrected chi connectivity index (χ0v) is 17.7. The van der Waals surface area contributed by atoms with Gasteiger partial charge in [-0.05, 0) is 43.3 Å². The van der Waals surface area contributed by atoms with Crippen LogP contribution in [0, 0.1) is 0 Å². The number of para-hydroxylation sites is 1. The molecule has 0 N–H and O–H groups in total. The molecule has 4 aromatic rings. The molecule has 0 aliphatic rings. The fourth-order valence-corrected chi connectivity index (χ4v) is 3.59. The van der Waals surface area contributed by atoms with Crippen molar-refractivity contribution in [2.24, 2.45) is 0 Å². The Balaban J connectivity index is 1.40. The first kappa shape index (κ1) is 20.5. The van der Waals surface area contributed by atoms with Crippen molar-refractivity contribution >= 4 is 17.3 Å². The molecule has 0 fully saturated rings. The van der Waals surface area contributed by atoms with Crippen LogP contribution in [0.15, 0.2) is 58.4 Å². The average Bonchev–Trinajstić information content (AvgIpc) is 3.48. The Hall–Kier alpha value is -3.72. The van der Waals surface area contributed by atoms with Crippen molar-refractivity contribution in [3.63, 3.8) is 0 Å². The van der Waals surface area contributed by atoms with E-state index in [0.717, 1.165) is 11.3 Å². The molecule has 0 amide bonds. The molecule has 0 atom stereocenters. The van der Waals surface area contributed by atoms with Crippen LogP contribution in [0.2, 0.25) is 0 Å². The molecule has 0 aliphatic carbocycles. The summed E-state index contributed by atoms with van der Waals surface area (Å²) in [4.78, 5) is 21.0. The van der Waals surface area contributed by atoms with Gasteiger partial charge in [-0.15, -0.1) is 11.3 Å². The monoisotopic (exact) mass is 437 g/mol. The second-order valence-electron chi connectivity index (χ2n) is 6.28. The zero-order valence-electron chi connectivity index (χ0n) is 16.9. The van der Waals surface area contributed by atoms with Gasteiger partial charge in [0.05, 0.1) is 19.3 Å². The standard InChI is InChI=1S/C22H19N3O5S/c1-3-28-18-7-5-4-6-16(18)20-24-19(30-25-20)12-29-22(26)17-13-31-21(23-17)14-8-10-15(27-2)11-9-14/h4-11,13H,3,12H2,1-2H3. The van der Waals surface area contributed by atoms with Gasteiger partial charge >= 0.3 is 5.97 Å². The minimum atomic E-state index is -0.564. The van der Waals surface area contributed by atoms with E-state index in [9.17, 15) is 4.79 Å². The summed E-state index contributed by atoms with van der Waals surface area (Å²) in [6, 6.07) is 14.8. The van der Waals surface area contributed by atoms with E-state index in [-0.39, 0.29) is 18.2 Å². The first-order valence-corrected chi connectivity index (χ1v) is 10.4. The van der Waals surface area contributed by atoms with E-state index < -0.39 is 5.97 Å². The van der Waals surface area contributed by atoms with E-state index >= 15 is 0 Å². The van der Waals surface area contributed by atoms with Crippen LogP contribution in [0.4, 0.5) is 0 Å². The maximum atomic E-state index is 12.4. The molecule has 0 radical (unpaired) electrons. The molecule has 4 rings (SSSR count). The van der Waals surface area contributed by atoms with E-state index in [0.29, 0.717) is 28.8 Å². The van der Waals surface area contributed by atoms with E-state index in [4.69, 9.17) is 18.7 Å². The highest BCUT2D eigenvalue weighted by Crippen LogP contribution is 2.28. The Morgan fingerprint density at radius 1 is 1.10 bits per heavy atom. The largest absolute Gasteiger partial charge is 0.497 e. The number of benzene rings is 2. The Morgan fingerprint density at radius 3 is 2.68 bits per heavy atom. The minimum absolute atomic E-state index is 0.155. The van der Waals surface area contributed by atoms with Crippen molar-refractivity contribution in [2.45, 2.75) is 13.5 Å².